The predicted molar refractivity (Wildman–Crippen MR) is 90.1 cm³/mol. The zero-order valence-corrected chi connectivity index (χ0v) is 13.3. The van der Waals surface area contributed by atoms with E-state index in [1.165, 1.54) is 5.56 Å². The topological polar surface area (TPSA) is 46.3 Å². The van der Waals surface area contributed by atoms with Crippen molar-refractivity contribution in [2.45, 2.75) is 38.1 Å². The molecule has 2 amide bonds. The van der Waals surface area contributed by atoms with Crippen molar-refractivity contribution < 1.29 is 4.79 Å². The van der Waals surface area contributed by atoms with Crippen LogP contribution in [0, 0.1) is 0 Å². The molecule has 1 atom stereocenters. The second-order valence-electron chi connectivity index (χ2n) is 6.88. The number of hydrogen-bond donors (Lipinski definition) is 1. The molecular weight excluding hydrogens is 272 g/mol. The van der Waals surface area contributed by atoms with Crippen LogP contribution in [0.3, 0.4) is 0 Å². The summed E-state index contributed by atoms with van der Waals surface area (Å²) in [5.74, 6) is 0. The second-order valence-corrected chi connectivity index (χ2v) is 6.88. The Morgan fingerprint density at radius 2 is 1.59 bits per heavy atom. The normalized spacial score (nSPS) is 23.0. The standard InChI is InChI=1S/C19H22N2O/c1-18(2)13-19(3,14-9-5-4-6-10-14)15-11-7-8-12-16(15)21(18)17(20)22/h4-12H,13H2,1-3H3,(H2,20,22)/t19-/m0/s1. The second kappa shape index (κ2) is 4.87. The summed E-state index contributed by atoms with van der Waals surface area (Å²) in [6.07, 6.45) is 0.823. The van der Waals surface area contributed by atoms with Crippen molar-refractivity contribution in [3.63, 3.8) is 0 Å². The van der Waals surface area contributed by atoms with Crippen molar-refractivity contribution in [2.24, 2.45) is 5.73 Å². The first-order valence-electron chi connectivity index (χ1n) is 7.61. The molecule has 0 saturated heterocycles. The van der Waals surface area contributed by atoms with E-state index in [9.17, 15) is 4.79 Å². The van der Waals surface area contributed by atoms with Gasteiger partial charge in [0, 0.05) is 11.0 Å². The van der Waals surface area contributed by atoms with Crippen LogP contribution in [-0.2, 0) is 5.41 Å². The van der Waals surface area contributed by atoms with E-state index in [-0.39, 0.29) is 11.0 Å². The number of anilines is 1. The molecule has 1 aliphatic rings. The lowest BCUT2D eigenvalue weighted by Gasteiger charge is -2.50. The van der Waals surface area contributed by atoms with Crippen molar-refractivity contribution >= 4 is 11.7 Å². The minimum Gasteiger partial charge on any atom is -0.351 e. The Labute approximate surface area is 131 Å². The zero-order valence-electron chi connectivity index (χ0n) is 13.3. The van der Waals surface area contributed by atoms with Gasteiger partial charge >= 0.3 is 6.03 Å². The van der Waals surface area contributed by atoms with Crippen LogP contribution < -0.4 is 10.6 Å². The highest BCUT2D eigenvalue weighted by atomic mass is 16.2. The molecule has 2 aromatic carbocycles. The van der Waals surface area contributed by atoms with Crippen molar-refractivity contribution in [1.29, 1.82) is 0 Å². The number of benzene rings is 2. The average Bonchev–Trinajstić information content (AvgIpc) is 2.47. The van der Waals surface area contributed by atoms with Crippen molar-refractivity contribution in [2.75, 3.05) is 4.90 Å². The van der Waals surface area contributed by atoms with Gasteiger partial charge in [0.25, 0.3) is 0 Å². The summed E-state index contributed by atoms with van der Waals surface area (Å²) in [6.45, 7) is 6.41. The van der Waals surface area contributed by atoms with Gasteiger partial charge in [-0.3, -0.25) is 4.90 Å². The van der Waals surface area contributed by atoms with E-state index in [0.717, 1.165) is 17.7 Å². The molecule has 1 heterocycles. The quantitative estimate of drug-likeness (QED) is 0.847. The Morgan fingerprint density at radius 3 is 2.23 bits per heavy atom. The third-order valence-electron chi connectivity index (χ3n) is 4.76. The van der Waals surface area contributed by atoms with Crippen LogP contribution in [0.2, 0.25) is 0 Å². The number of carbonyl (C=O) groups excluding carboxylic acids is 1. The number of fused-ring (bicyclic) bond motifs is 1. The molecule has 0 aromatic heterocycles. The highest BCUT2D eigenvalue weighted by Gasteiger charge is 2.47. The number of nitrogens with zero attached hydrogens (tertiary/aromatic N) is 1. The molecule has 0 fully saturated rings. The number of hydrogen-bond acceptors (Lipinski definition) is 1. The minimum atomic E-state index is -0.396. The Balaban J connectivity index is 2.27. The van der Waals surface area contributed by atoms with Gasteiger partial charge in [0.05, 0.1) is 5.69 Å². The van der Waals surface area contributed by atoms with Crippen LogP contribution in [0.15, 0.2) is 54.6 Å². The Kier molecular flexibility index (Phi) is 3.24. The molecule has 0 bridgehead atoms. The third kappa shape index (κ3) is 2.08. The van der Waals surface area contributed by atoms with E-state index in [1.807, 2.05) is 24.3 Å². The highest BCUT2D eigenvalue weighted by molar-refractivity contribution is 5.94. The Hall–Kier alpha value is -2.29. The van der Waals surface area contributed by atoms with Gasteiger partial charge < -0.3 is 5.73 Å². The van der Waals surface area contributed by atoms with Crippen LogP contribution in [0.4, 0.5) is 10.5 Å². The molecule has 0 radical (unpaired) electrons. The maximum Gasteiger partial charge on any atom is 0.319 e. The minimum absolute atomic E-state index is 0.146. The molecule has 3 nitrogen and oxygen atoms in total. The van der Waals surface area contributed by atoms with E-state index in [2.05, 4.69) is 51.1 Å². The summed E-state index contributed by atoms with van der Waals surface area (Å²) in [5, 5.41) is 0. The summed E-state index contributed by atoms with van der Waals surface area (Å²) in [4.78, 5) is 13.8. The fourth-order valence-corrected chi connectivity index (χ4v) is 3.98. The van der Waals surface area contributed by atoms with Crippen LogP contribution in [0.5, 0.6) is 0 Å². The molecule has 0 saturated carbocycles. The number of rotatable bonds is 1. The van der Waals surface area contributed by atoms with Crippen molar-refractivity contribution in [3.8, 4) is 0 Å². The van der Waals surface area contributed by atoms with Gasteiger partial charge in [-0.2, -0.15) is 0 Å². The van der Waals surface area contributed by atoms with Crippen LogP contribution >= 0.6 is 0 Å². The van der Waals surface area contributed by atoms with Gasteiger partial charge in [0.15, 0.2) is 0 Å². The first-order chi connectivity index (χ1) is 10.4. The first-order valence-corrected chi connectivity index (χ1v) is 7.61. The highest BCUT2D eigenvalue weighted by Crippen LogP contribution is 2.50. The largest absolute Gasteiger partial charge is 0.351 e. The summed E-state index contributed by atoms with van der Waals surface area (Å²) in [6, 6.07) is 18.2. The molecule has 22 heavy (non-hydrogen) atoms. The third-order valence-corrected chi connectivity index (χ3v) is 4.76. The lowest BCUT2D eigenvalue weighted by Crippen LogP contribution is -2.57. The summed E-state index contributed by atoms with van der Waals surface area (Å²) in [5.41, 5.74) is 8.51. The molecular formula is C19H22N2O. The molecule has 1 aliphatic heterocycles. The molecule has 3 heteroatoms. The lowest BCUT2D eigenvalue weighted by atomic mass is 9.65. The van der Waals surface area contributed by atoms with Crippen LogP contribution in [0.25, 0.3) is 0 Å². The number of carbonyl (C=O) groups is 1. The number of para-hydroxylation sites is 1. The molecule has 3 rings (SSSR count). The smallest absolute Gasteiger partial charge is 0.319 e. The summed E-state index contributed by atoms with van der Waals surface area (Å²) >= 11 is 0. The first kappa shape index (κ1) is 14.6. The molecule has 0 aliphatic carbocycles. The van der Waals surface area contributed by atoms with Gasteiger partial charge in [-0.15, -0.1) is 0 Å². The van der Waals surface area contributed by atoms with Gasteiger partial charge in [0.1, 0.15) is 0 Å². The maximum absolute atomic E-state index is 12.0. The predicted octanol–water partition coefficient (Wildman–Crippen LogP) is 4.06. The van der Waals surface area contributed by atoms with E-state index in [4.69, 9.17) is 5.73 Å². The van der Waals surface area contributed by atoms with Gasteiger partial charge in [-0.05, 0) is 37.5 Å². The van der Waals surface area contributed by atoms with Crippen LogP contribution in [0.1, 0.15) is 38.3 Å². The van der Waals surface area contributed by atoms with Crippen LogP contribution in [-0.4, -0.2) is 11.6 Å². The van der Waals surface area contributed by atoms with Gasteiger partial charge in [-0.25, -0.2) is 4.79 Å². The van der Waals surface area contributed by atoms with Gasteiger partial charge in [0.2, 0.25) is 0 Å². The van der Waals surface area contributed by atoms with Gasteiger partial charge in [-0.1, -0.05) is 55.5 Å². The van der Waals surface area contributed by atoms with E-state index >= 15 is 0 Å². The molecule has 0 spiro atoms. The number of urea groups is 1. The fourth-order valence-electron chi connectivity index (χ4n) is 3.98. The number of primary amides is 1. The number of nitrogens with two attached hydrogens (primary N) is 1. The lowest BCUT2D eigenvalue weighted by molar-refractivity contribution is 0.240. The molecule has 114 valence electrons. The molecule has 2 aromatic rings. The SMILES string of the molecule is CC1(C)C[C@@](C)(c2ccccc2)c2ccccc2N1C(N)=O. The Morgan fingerprint density at radius 1 is 1.00 bits per heavy atom. The van der Waals surface area contributed by atoms with E-state index in [0.29, 0.717) is 0 Å². The maximum atomic E-state index is 12.0. The molecule has 2 N–H and O–H groups in total. The molecule has 0 unspecified atom stereocenters. The Bertz CT molecular complexity index is 708. The summed E-state index contributed by atoms with van der Waals surface area (Å²) < 4.78 is 0. The average molecular weight is 294 g/mol. The van der Waals surface area contributed by atoms with E-state index < -0.39 is 6.03 Å². The monoisotopic (exact) mass is 294 g/mol. The van der Waals surface area contributed by atoms with Crippen molar-refractivity contribution in [1.82, 2.24) is 0 Å². The van der Waals surface area contributed by atoms with E-state index in [1.54, 1.807) is 4.90 Å². The zero-order chi connectivity index (χ0) is 16.0. The fraction of sp³-hybridized carbons (Fsp3) is 0.316. The number of amides is 2. The van der Waals surface area contributed by atoms with Crippen molar-refractivity contribution in [3.05, 3.63) is 65.7 Å². The summed E-state index contributed by atoms with van der Waals surface area (Å²) in [7, 11) is 0.